The Morgan fingerprint density at radius 2 is 2.18 bits per heavy atom. The molecular formula is C15H19Cl2N5. The van der Waals surface area contributed by atoms with Crippen LogP contribution in [0.1, 0.15) is 12.5 Å². The normalized spacial score (nSPS) is 11.5. The summed E-state index contributed by atoms with van der Waals surface area (Å²) in [5, 5.41) is 11.9. The van der Waals surface area contributed by atoms with E-state index < -0.39 is 0 Å². The molecule has 0 saturated carbocycles. The van der Waals surface area contributed by atoms with Crippen LogP contribution in [0.3, 0.4) is 0 Å². The quantitative estimate of drug-likeness (QED) is 0.628. The highest BCUT2D eigenvalue weighted by Gasteiger charge is 2.02. The summed E-state index contributed by atoms with van der Waals surface area (Å²) in [5.74, 6) is 0.751. The second-order valence-corrected chi connectivity index (χ2v) is 5.47. The van der Waals surface area contributed by atoms with Gasteiger partial charge in [-0.25, -0.2) is 4.99 Å². The van der Waals surface area contributed by atoms with E-state index in [4.69, 9.17) is 23.2 Å². The Balaban J connectivity index is 1.91. The summed E-state index contributed by atoms with van der Waals surface area (Å²) in [6.07, 6.45) is 3.70. The van der Waals surface area contributed by atoms with E-state index in [1.54, 1.807) is 12.3 Å². The van der Waals surface area contributed by atoms with Gasteiger partial charge in [-0.3, -0.25) is 4.68 Å². The molecular weight excluding hydrogens is 321 g/mol. The van der Waals surface area contributed by atoms with Crippen molar-refractivity contribution in [2.75, 3.05) is 13.1 Å². The largest absolute Gasteiger partial charge is 0.357 e. The number of halogens is 2. The highest BCUT2D eigenvalue weighted by atomic mass is 35.5. The van der Waals surface area contributed by atoms with Crippen LogP contribution in [-0.4, -0.2) is 28.8 Å². The maximum absolute atomic E-state index is 6.16. The number of rotatable bonds is 6. The molecule has 7 heteroatoms. The average Bonchev–Trinajstić information content (AvgIpc) is 2.99. The second kappa shape index (κ2) is 8.66. The molecule has 0 fully saturated rings. The zero-order valence-electron chi connectivity index (χ0n) is 12.4. The summed E-state index contributed by atoms with van der Waals surface area (Å²) in [7, 11) is 0. The van der Waals surface area contributed by atoms with Crippen LogP contribution in [0.5, 0.6) is 0 Å². The maximum Gasteiger partial charge on any atom is 0.191 e. The van der Waals surface area contributed by atoms with Crippen molar-refractivity contribution in [1.82, 2.24) is 20.4 Å². The molecule has 0 aliphatic carbocycles. The molecule has 1 aromatic heterocycles. The maximum atomic E-state index is 6.16. The van der Waals surface area contributed by atoms with Gasteiger partial charge in [-0.1, -0.05) is 29.3 Å². The van der Waals surface area contributed by atoms with Gasteiger partial charge in [0.05, 0.1) is 13.1 Å². The molecule has 2 N–H and O–H groups in total. The smallest absolute Gasteiger partial charge is 0.191 e. The first-order chi connectivity index (χ1) is 10.7. The molecule has 0 amide bonds. The van der Waals surface area contributed by atoms with Crippen LogP contribution < -0.4 is 10.6 Å². The summed E-state index contributed by atoms with van der Waals surface area (Å²) in [4.78, 5) is 4.53. The number of hydrogen-bond donors (Lipinski definition) is 2. The van der Waals surface area contributed by atoms with Gasteiger partial charge < -0.3 is 10.6 Å². The molecule has 118 valence electrons. The fourth-order valence-corrected chi connectivity index (χ4v) is 2.35. The Morgan fingerprint density at radius 3 is 2.86 bits per heavy atom. The number of hydrogen-bond acceptors (Lipinski definition) is 2. The minimum atomic E-state index is 0.493. The van der Waals surface area contributed by atoms with E-state index in [9.17, 15) is 0 Å². The highest BCUT2D eigenvalue weighted by molar-refractivity contribution is 6.35. The van der Waals surface area contributed by atoms with Gasteiger partial charge in [-0.05, 0) is 30.7 Å². The second-order valence-electron chi connectivity index (χ2n) is 4.63. The topological polar surface area (TPSA) is 54.2 Å². The molecule has 22 heavy (non-hydrogen) atoms. The summed E-state index contributed by atoms with van der Waals surface area (Å²) < 4.78 is 1.87. The van der Waals surface area contributed by atoms with E-state index in [0.29, 0.717) is 16.6 Å². The van der Waals surface area contributed by atoms with E-state index in [1.807, 2.05) is 36.0 Å². The Morgan fingerprint density at radius 1 is 1.32 bits per heavy atom. The number of aromatic nitrogens is 2. The molecule has 2 rings (SSSR count). The molecule has 1 heterocycles. The van der Waals surface area contributed by atoms with Crippen LogP contribution in [0.25, 0.3) is 0 Å². The van der Waals surface area contributed by atoms with Crippen LogP contribution in [0.15, 0.2) is 41.7 Å². The van der Waals surface area contributed by atoms with Crippen molar-refractivity contribution in [2.45, 2.75) is 20.0 Å². The van der Waals surface area contributed by atoms with Crippen LogP contribution >= 0.6 is 23.2 Å². The summed E-state index contributed by atoms with van der Waals surface area (Å²) in [6, 6.07) is 7.34. The predicted molar refractivity (Wildman–Crippen MR) is 91.5 cm³/mol. The van der Waals surface area contributed by atoms with E-state index in [-0.39, 0.29) is 0 Å². The van der Waals surface area contributed by atoms with Crippen molar-refractivity contribution in [3.8, 4) is 0 Å². The molecule has 0 aliphatic heterocycles. The van der Waals surface area contributed by atoms with Gasteiger partial charge in [0.25, 0.3) is 0 Å². The molecule has 0 spiro atoms. The molecule has 0 bridgehead atoms. The number of aliphatic imine (C=N–C) groups is 1. The number of guanidine groups is 1. The first-order valence-electron chi connectivity index (χ1n) is 7.12. The summed E-state index contributed by atoms with van der Waals surface area (Å²) >= 11 is 12.0. The fraction of sp³-hybridized carbons (Fsp3) is 0.333. The minimum Gasteiger partial charge on any atom is -0.357 e. The van der Waals surface area contributed by atoms with Gasteiger partial charge in [0.1, 0.15) is 0 Å². The summed E-state index contributed by atoms with van der Waals surface area (Å²) in [5.41, 5.74) is 0.940. The third-order valence-electron chi connectivity index (χ3n) is 2.96. The van der Waals surface area contributed by atoms with Gasteiger partial charge in [0, 0.05) is 35.5 Å². The Labute approximate surface area is 140 Å². The van der Waals surface area contributed by atoms with Crippen LogP contribution in [-0.2, 0) is 13.1 Å². The lowest BCUT2D eigenvalue weighted by Gasteiger charge is -2.11. The molecule has 1 aromatic carbocycles. The third kappa shape index (κ3) is 5.24. The van der Waals surface area contributed by atoms with E-state index in [0.717, 1.165) is 31.2 Å². The predicted octanol–water partition coefficient (Wildman–Crippen LogP) is 2.95. The Bertz CT molecular complexity index is 610. The molecule has 0 saturated heterocycles. The van der Waals surface area contributed by atoms with Crippen molar-refractivity contribution in [3.05, 3.63) is 52.3 Å². The van der Waals surface area contributed by atoms with Crippen LogP contribution in [0.2, 0.25) is 10.0 Å². The lowest BCUT2D eigenvalue weighted by molar-refractivity contribution is 0.598. The van der Waals surface area contributed by atoms with Gasteiger partial charge in [0.15, 0.2) is 5.96 Å². The van der Waals surface area contributed by atoms with Crippen LogP contribution in [0, 0.1) is 0 Å². The van der Waals surface area contributed by atoms with Crippen molar-refractivity contribution < 1.29 is 0 Å². The monoisotopic (exact) mass is 339 g/mol. The minimum absolute atomic E-state index is 0.493. The Kier molecular flexibility index (Phi) is 6.55. The van der Waals surface area contributed by atoms with Gasteiger partial charge in [0.2, 0.25) is 0 Å². The van der Waals surface area contributed by atoms with Crippen molar-refractivity contribution in [3.63, 3.8) is 0 Å². The van der Waals surface area contributed by atoms with E-state index in [2.05, 4.69) is 20.7 Å². The molecule has 0 aliphatic rings. The lowest BCUT2D eigenvalue weighted by atomic mass is 10.2. The average molecular weight is 340 g/mol. The standard InChI is InChI=1S/C15H19Cl2N5/c1-2-18-15(19-7-9-22-8-3-6-21-22)20-11-12-4-5-13(16)10-14(12)17/h3-6,8,10H,2,7,9,11H2,1H3,(H2,18,19,20). The van der Waals surface area contributed by atoms with Gasteiger partial charge in [-0.15, -0.1) is 0 Å². The molecule has 0 radical (unpaired) electrons. The zero-order chi connectivity index (χ0) is 15.8. The highest BCUT2D eigenvalue weighted by Crippen LogP contribution is 2.21. The number of nitrogens with zero attached hydrogens (tertiary/aromatic N) is 3. The molecule has 5 nitrogen and oxygen atoms in total. The van der Waals surface area contributed by atoms with E-state index >= 15 is 0 Å². The molecule has 0 atom stereocenters. The van der Waals surface area contributed by atoms with E-state index in [1.165, 1.54) is 0 Å². The van der Waals surface area contributed by atoms with Crippen molar-refractivity contribution in [1.29, 1.82) is 0 Å². The van der Waals surface area contributed by atoms with Crippen molar-refractivity contribution >= 4 is 29.2 Å². The fourth-order valence-electron chi connectivity index (χ4n) is 1.88. The molecule has 0 unspecified atom stereocenters. The third-order valence-corrected chi connectivity index (χ3v) is 3.55. The number of benzene rings is 1. The number of nitrogens with one attached hydrogen (secondary N) is 2. The summed E-state index contributed by atoms with van der Waals surface area (Å²) in [6.45, 7) is 4.83. The zero-order valence-corrected chi connectivity index (χ0v) is 13.9. The van der Waals surface area contributed by atoms with Gasteiger partial charge >= 0.3 is 0 Å². The molecule has 2 aromatic rings. The van der Waals surface area contributed by atoms with Gasteiger partial charge in [-0.2, -0.15) is 5.10 Å². The van der Waals surface area contributed by atoms with Crippen LogP contribution in [0.4, 0.5) is 0 Å². The SMILES string of the molecule is CCNC(=NCc1ccc(Cl)cc1Cl)NCCn1cccn1. The first kappa shape index (κ1) is 16.6. The lowest BCUT2D eigenvalue weighted by Crippen LogP contribution is -2.38. The Hall–Kier alpha value is -1.72. The first-order valence-corrected chi connectivity index (χ1v) is 7.88. The van der Waals surface area contributed by atoms with Crippen molar-refractivity contribution in [2.24, 2.45) is 4.99 Å².